The Kier molecular flexibility index (Phi) is 4.75. The van der Waals surface area contributed by atoms with Crippen LogP contribution in [0.25, 0.3) is 0 Å². The van der Waals surface area contributed by atoms with Crippen LogP contribution in [0.4, 0.5) is 0 Å². The summed E-state index contributed by atoms with van der Waals surface area (Å²) in [7, 11) is -3.69. The number of rotatable bonds is 4. The van der Waals surface area contributed by atoms with E-state index in [-0.39, 0.29) is 18.0 Å². The first-order chi connectivity index (χ1) is 10.0. The molecule has 0 atom stereocenters. The fourth-order valence-electron chi connectivity index (χ4n) is 1.74. The maximum Gasteiger partial charge on any atom is 0.242 e. The van der Waals surface area contributed by atoms with Crippen LogP contribution in [-0.4, -0.2) is 30.3 Å². The summed E-state index contributed by atoms with van der Waals surface area (Å²) >= 11 is 0. The molecule has 1 aromatic carbocycles. The van der Waals surface area contributed by atoms with Crippen molar-refractivity contribution >= 4 is 10.0 Å². The van der Waals surface area contributed by atoms with E-state index in [0.717, 1.165) is 11.3 Å². The first kappa shape index (κ1) is 15.3. The van der Waals surface area contributed by atoms with Crippen LogP contribution in [0.5, 0.6) is 0 Å². The number of nitrogens with zero attached hydrogens (tertiary/aromatic N) is 1. The van der Waals surface area contributed by atoms with Crippen molar-refractivity contribution in [1.29, 1.82) is 0 Å². The molecular weight excluding hydrogens is 290 g/mol. The van der Waals surface area contributed by atoms with Gasteiger partial charge in [0.2, 0.25) is 10.0 Å². The number of hydrogen-bond donors (Lipinski definition) is 3. The highest BCUT2D eigenvalue weighted by atomic mass is 32.2. The molecule has 2 rings (SSSR count). The summed E-state index contributed by atoms with van der Waals surface area (Å²) in [4.78, 5) is 0.0899. The van der Waals surface area contributed by atoms with Gasteiger partial charge in [0, 0.05) is 23.4 Å². The summed E-state index contributed by atoms with van der Waals surface area (Å²) in [6, 6.07) is 6.40. The van der Waals surface area contributed by atoms with Gasteiger partial charge in [0.25, 0.3) is 0 Å². The van der Waals surface area contributed by atoms with Crippen molar-refractivity contribution in [3.8, 4) is 11.8 Å². The number of nitrogens with one attached hydrogen (secondary N) is 2. The second-order valence-electron chi connectivity index (χ2n) is 4.30. The number of aromatic amines is 1. The molecule has 21 heavy (non-hydrogen) atoms. The van der Waals surface area contributed by atoms with Gasteiger partial charge in [-0.05, 0) is 19.1 Å². The number of aliphatic hydroxyl groups is 1. The van der Waals surface area contributed by atoms with Crippen LogP contribution in [0.15, 0.2) is 35.4 Å². The van der Waals surface area contributed by atoms with Crippen LogP contribution >= 0.6 is 0 Å². The van der Waals surface area contributed by atoms with Crippen molar-refractivity contribution in [3.63, 3.8) is 0 Å². The minimum Gasteiger partial charge on any atom is -0.384 e. The lowest BCUT2D eigenvalue weighted by molar-refractivity contribution is 0.350. The largest absolute Gasteiger partial charge is 0.384 e. The molecule has 0 aliphatic heterocycles. The lowest BCUT2D eigenvalue weighted by Crippen LogP contribution is -2.24. The first-order valence-electron chi connectivity index (χ1n) is 6.22. The van der Waals surface area contributed by atoms with Gasteiger partial charge in [-0.2, -0.15) is 5.10 Å². The Morgan fingerprint density at radius 3 is 2.81 bits per heavy atom. The maximum absolute atomic E-state index is 12.4. The summed E-state index contributed by atoms with van der Waals surface area (Å²) in [5, 5.41) is 15.3. The van der Waals surface area contributed by atoms with Gasteiger partial charge in [-0.25, -0.2) is 13.1 Å². The Hall–Kier alpha value is -2.14. The van der Waals surface area contributed by atoms with E-state index in [9.17, 15) is 8.42 Å². The van der Waals surface area contributed by atoms with Crippen molar-refractivity contribution in [1.82, 2.24) is 14.9 Å². The Morgan fingerprint density at radius 1 is 1.38 bits per heavy atom. The minimum atomic E-state index is -3.69. The van der Waals surface area contributed by atoms with E-state index < -0.39 is 10.0 Å². The number of aliphatic hydroxyl groups excluding tert-OH is 1. The molecular formula is C14H15N3O3S. The third kappa shape index (κ3) is 3.70. The number of aromatic nitrogens is 2. The van der Waals surface area contributed by atoms with Crippen LogP contribution in [0.1, 0.15) is 16.8 Å². The zero-order chi connectivity index (χ0) is 15.3. The number of sulfonamides is 1. The second-order valence-corrected chi connectivity index (χ2v) is 6.04. The number of benzene rings is 1. The minimum absolute atomic E-state index is 0.0899. The fraction of sp³-hybridized carbons (Fsp3) is 0.214. The highest BCUT2D eigenvalue weighted by Crippen LogP contribution is 2.15. The van der Waals surface area contributed by atoms with Crippen molar-refractivity contribution in [3.05, 3.63) is 47.3 Å². The van der Waals surface area contributed by atoms with Crippen LogP contribution in [-0.2, 0) is 16.6 Å². The summed E-state index contributed by atoms with van der Waals surface area (Å²) in [5.41, 5.74) is 1.94. The van der Waals surface area contributed by atoms with Gasteiger partial charge >= 0.3 is 0 Å². The van der Waals surface area contributed by atoms with Gasteiger partial charge in [0.05, 0.1) is 11.1 Å². The number of H-pyrrole nitrogens is 1. The maximum atomic E-state index is 12.4. The molecule has 0 aliphatic carbocycles. The van der Waals surface area contributed by atoms with E-state index in [0.29, 0.717) is 5.56 Å². The molecule has 2 aromatic rings. The molecule has 0 saturated heterocycles. The topological polar surface area (TPSA) is 95.1 Å². The predicted octanol–water partition coefficient (Wildman–Crippen LogP) is 0.540. The molecule has 6 nitrogen and oxygen atoms in total. The van der Waals surface area contributed by atoms with Gasteiger partial charge in [0.1, 0.15) is 6.61 Å². The molecule has 0 spiro atoms. The van der Waals surface area contributed by atoms with Crippen LogP contribution in [0, 0.1) is 18.8 Å². The van der Waals surface area contributed by atoms with Crippen LogP contribution in [0.2, 0.25) is 0 Å². The summed E-state index contributed by atoms with van der Waals surface area (Å²) in [5.74, 6) is 5.09. The smallest absolute Gasteiger partial charge is 0.242 e. The Balaban J connectivity index is 2.26. The molecule has 1 aromatic heterocycles. The summed E-state index contributed by atoms with van der Waals surface area (Å²) < 4.78 is 27.2. The molecule has 0 fully saturated rings. The molecule has 0 aliphatic rings. The molecule has 0 radical (unpaired) electrons. The van der Waals surface area contributed by atoms with Gasteiger partial charge in [-0.3, -0.25) is 5.10 Å². The highest BCUT2D eigenvalue weighted by Gasteiger charge is 2.17. The monoisotopic (exact) mass is 305 g/mol. The third-order valence-corrected chi connectivity index (χ3v) is 4.33. The quantitative estimate of drug-likeness (QED) is 0.719. The van der Waals surface area contributed by atoms with Gasteiger partial charge in [-0.1, -0.05) is 24.0 Å². The van der Waals surface area contributed by atoms with Gasteiger partial charge in [-0.15, -0.1) is 0 Å². The van der Waals surface area contributed by atoms with E-state index in [2.05, 4.69) is 26.8 Å². The highest BCUT2D eigenvalue weighted by molar-refractivity contribution is 7.89. The zero-order valence-electron chi connectivity index (χ0n) is 11.4. The zero-order valence-corrected chi connectivity index (χ0v) is 12.2. The van der Waals surface area contributed by atoms with Gasteiger partial charge in [0.15, 0.2) is 0 Å². The molecule has 110 valence electrons. The lowest BCUT2D eigenvalue weighted by Gasteiger charge is -2.08. The van der Waals surface area contributed by atoms with E-state index >= 15 is 0 Å². The normalized spacial score (nSPS) is 11.0. The standard InChI is InChI=1S/C14H15N3O3S/c1-11-13(9-15-17-11)10-16-21(19,20)14-7-3-2-5-12(14)6-4-8-18/h2-3,5,7,9,16,18H,8,10H2,1H3,(H,15,17). The van der Waals surface area contributed by atoms with Gasteiger partial charge < -0.3 is 5.11 Å². The van der Waals surface area contributed by atoms with Crippen LogP contribution < -0.4 is 4.72 Å². The average molecular weight is 305 g/mol. The summed E-state index contributed by atoms with van der Waals surface area (Å²) in [6.07, 6.45) is 1.58. The SMILES string of the molecule is Cc1[nH]ncc1CNS(=O)(=O)c1ccccc1C#CCO. The van der Waals surface area contributed by atoms with Crippen molar-refractivity contribution in [2.24, 2.45) is 0 Å². The molecule has 0 bridgehead atoms. The molecule has 0 saturated carbocycles. The second kappa shape index (κ2) is 6.54. The van der Waals surface area contributed by atoms with Crippen molar-refractivity contribution < 1.29 is 13.5 Å². The first-order valence-corrected chi connectivity index (χ1v) is 7.70. The van der Waals surface area contributed by atoms with E-state index in [4.69, 9.17) is 5.11 Å². The molecule has 7 heteroatoms. The number of aryl methyl sites for hydroxylation is 1. The lowest BCUT2D eigenvalue weighted by atomic mass is 10.2. The van der Waals surface area contributed by atoms with Crippen molar-refractivity contribution in [2.75, 3.05) is 6.61 Å². The Morgan fingerprint density at radius 2 is 2.14 bits per heavy atom. The Labute approximate surface area is 123 Å². The molecule has 1 heterocycles. The number of hydrogen-bond acceptors (Lipinski definition) is 4. The molecule has 0 amide bonds. The van der Waals surface area contributed by atoms with E-state index in [1.165, 1.54) is 6.07 Å². The Bertz CT molecular complexity index is 785. The van der Waals surface area contributed by atoms with E-state index in [1.54, 1.807) is 24.4 Å². The van der Waals surface area contributed by atoms with Crippen molar-refractivity contribution in [2.45, 2.75) is 18.4 Å². The predicted molar refractivity (Wildman–Crippen MR) is 77.8 cm³/mol. The van der Waals surface area contributed by atoms with E-state index in [1.807, 2.05) is 6.92 Å². The molecule has 0 unspecified atom stereocenters. The van der Waals surface area contributed by atoms with Crippen LogP contribution in [0.3, 0.4) is 0 Å². The third-order valence-electron chi connectivity index (χ3n) is 2.87. The fourth-order valence-corrected chi connectivity index (χ4v) is 2.91. The molecule has 3 N–H and O–H groups in total. The summed E-state index contributed by atoms with van der Waals surface area (Å²) in [6.45, 7) is 1.64. The average Bonchev–Trinajstić information content (AvgIpc) is 2.89.